The van der Waals surface area contributed by atoms with E-state index in [1.165, 1.54) is 135 Å². The third-order valence-corrected chi connectivity index (χ3v) is 9.70. The number of rotatable bonds is 39. The predicted molar refractivity (Wildman–Crippen MR) is 205 cm³/mol. The van der Waals surface area contributed by atoms with E-state index in [1.807, 2.05) is 0 Å². The molecule has 48 heavy (non-hydrogen) atoms. The van der Waals surface area contributed by atoms with Gasteiger partial charge in [-0.2, -0.15) is 0 Å². The molecular weight excluding hydrogens is 598 g/mol. The number of carbonyl (C=O) groups excluding carboxylic acids is 2. The van der Waals surface area contributed by atoms with Crippen molar-refractivity contribution in [2.24, 2.45) is 0 Å². The highest BCUT2D eigenvalue weighted by Gasteiger charge is 2.15. The Morgan fingerprint density at radius 1 is 0.479 bits per heavy atom. The summed E-state index contributed by atoms with van der Waals surface area (Å²) >= 11 is 0. The van der Waals surface area contributed by atoms with E-state index in [-0.39, 0.29) is 24.6 Å². The summed E-state index contributed by atoms with van der Waals surface area (Å²) in [4.78, 5) is 26.7. The summed E-state index contributed by atoms with van der Waals surface area (Å²) in [6.07, 6.45) is 36.2. The number of aliphatic hydroxyl groups is 1. The van der Waals surface area contributed by atoms with E-state index < -0.39 is 0 Å². The molecule has 0 aromatic heterocycles. The topological polar surface area (TPSA) is 76.1 Å². The minimum atomic E-state index is -0.0272. The van der Waals surface area contributed by atoms with Gasteiger partial charge in [0.2, 0.25) is 0 Å². The van der Waals surface area contributed by atoms with Crippen LogP contribution in [-0.4, -0.2) is 60.9 Å². The summed E-state index contributed by atoms with van der Waals surface area (Å²) < 4.78 is 11.2. The van der Waals surface area contributed by atoms with Crippen molar-refractivity contribution in [3.63, 3.8) is 0 Å². The molecule has 0 aliphatic carbocycles. The Morgan fingerprint density at radius 3 is 1.40 bits per heavy atom. The second-order valence-corrected chi connectivity index (χ2v) is 14.5. The van der Waals surface area contributed by atoms with Gasteiger partial charge in [-0.25, -0.2) is 0 Å². The van der Waals surface area contributed by atoms with E-state index in [1.54, 1.807) is 0 Å². The molecule has 0 heterocycles. The fourth-order valence-electron chi connectivity index (χ4n) is 6.51. The van der Waals surface area contributed by atoms with Crippen molar-refractivity contribution in [3.05, 3.63) is 0 Å². The van der Waals surface area contributed by atoms with Gasteiger partial charge in [-0.05, 0) is 64.5 Å². The summed E-state index contributed by atoms with van der Waals surface area (Å²) in [7, 11) is 0. The Balaban J connectivity index is 3.97. The van der Waals surface area contributed by atoms with Crippen molar-refractivity contribution >= 4 is 11.9 Å². The first-order chi connectivity index (χ1) is 23.6. The van der Waals surface area contributed by atoms with Crippen LogP contribution in [0.15, 0.2) is 0 Å². The minimum Gasteiger partial charge on any atom is -0.466 e. The SMILES string of the molecule is CCCCCCCCC(CCCCCCCC)OC(=O)CCCN(CCO)CCCCCCCCCCCCCCC(=O)OCCCC. The molecule has 0 fully saturated rings. The van der Waals surface area contributed by atoms with Crippen LogP contribution in [0.25, 0.3) is 0 Å². The second kappa shape index (κ2) is 38.7. The molecular formula is C42H83NO5. The van der Waals surface area contributed by atoms with Crippen LogP contribution in [0.1, 0.15) is 220 Å². The lowest BCUT2D eigenvalue weighted by atomic mass is 10.0. The second-order valence-electron chi connectivity index (χ2n) is 14.5. The third kappa shape index (κ3) is 34.7. The highest BCUT2D eigenvalue weighted by Crippen LogP contribution is 2.18. The Labute approximate surface area is 299 Å². The standard InChI is InChI=1S/C42H83NO5/c1-4-7-10-12-22-26-31-40(32-27-23-13-11-8-5-2)48-42(46)34-30-36-43(37-38-44)35-29-25-21-19-17-15-14-16-18-20-24-28-33-41(45)47-39-9-6-3/h40,44H,4-39H2,1-3H3. The van der Waals surface area contributed by atoms with Gasteiger partial charge >= 0.3 is 11.9 Å². The maximum Gasteiger partial charge on any atom is 0.306 e. The zero-order valence-corrected chi connectivity index (χ0v) is 32.6. The van der Waals surface area contributed by atoms with Crippen LogP contribution in [-0.2, 0) is 19.1 Å². The fourth-order valence-corrected chi connectivity index (χ4v) is 6.51. The molecule has 286 valence electrons. The van der Waals surface area contributed by atoms with Gasteiger partial charge in [-0.3, -0.25) is 9.59 Å². The van der Waals surface area contributed by atoms with Crippen LogP contribution in [0.2, 0.25) is 0 Å². The van der Waals surface area contributed by atoms with Crippen molar-refractivity contribution in [3.8, 4) is 0 Å². The lowest BCUT2D eigenvalue weighted by Gasteiger charge is -2.22. The highest BCUT2D eigenvalue weighted by molar-refractivity contribution is 5.69. The molecule has 0 aliphatic rings. The Bertz CT molecular complexity index is 656. The molecule has 0 saturated carbocycles. The van der Waals surface area contributed by atoms with Crippen molar-refractivity contribution in [1.82, 2.24) is 4.90 Å². The van der Waals surface area contributed by atoms with Crippen LogP contribution >= 0.6 is 0 Å². The molecule has 0 aromatic rings. The summed E-state index contributed by atoms with van der Waals surface area (Å²) in [5.41, 5.74) is 0. The Hall–Kier alpha value is -1.14. The fraction of sp³-hybridized carbons (Fsp3) is 0.952. The van der Waals surface area contributed by atoms with Crippen molar-refractivity contribution in [2.75, 3.05) is 32.8 Å². The number of nitrogens with zero attached hydrogens (tertiary/aromatic N) is 1. The first kappa shape index (κ1) is 46.9. The average molecular weight is 682 g/mol. The predicted octanol–water partition coefficient (Wildman–Crippen LogP) is 11.9. The van der Waals surface area contributed by atoms with Gasteiger partial charge in [-0.1, -0.05) is 156 Å². The van der Waals surface area contributed by atoms with E-state index in [9.17, 15) is 14.7 Å². The van der Waals surface area contributed by atoms with Gasteiger partial charge in [0.15, 0.2) is 0 Å². The van der Waals surface area contributed by atoms with E-state index >= 15 is 0 Å². The van der Waals surface area contributed by atoms with E-state index in [2.05, 4.69) is 25.7 Å². The minimum absolute atomic E-state index is 0.0254. The monoisotopic (exact) mass is 682 g/mol. The van der Waals surface area contributed by atoms with E-state index in [0.717, 1.165) is 64.5 Å². The number of hydrogen-bond acceptors (Lipinski definition) is 6. The molecule has 0 bridgehead atoms. The van der Waals surface area contributed by atoms with Crippen LogP contribution in [0.3, 0.4) is 0 Å². The summed E-state index contributed by atoms with van der Waals surface area (Å²) in [5.74, 6) is -0.0525. The molecule has 0 spiro atoms. The smallest absolute Gasteiger partial charge is 0.306 e. The number of hydrogen-bond donors (Lipinski definition) is 1. The maximum absolute atomic E-state index is 12.8. The number of ether oxygens (including phenoxy) is 2. The molecule has 6 nitrogen and oxygen atoms in total. The molecule has 1 N–H and O–H groups in total. The molecule has 0 amide bonds. The summed E-state index contributed by atoms with van der Waals surface area (Å²) in [6, 6.07) is 0. The maximum atomic E-state index is 12.8. The van der Waals surface area contributed by atoms with Crippen LogP contribution in [0.4, 0.5) is 0 Å². The molecule has 6 heteroatoms. The molecule has 0 unspecified atom stereocenters. The quantitative estimate of drug-likeness (QED) is 0.0514. The first-order valence-electron chi connectivity index (χ1n) is 21.3. The van der Waals surface area contributed by atoms with Gasteiger partial charge < -0.3 is 19.5 Å². The zero-order valence-electron chi connectivity index (χ0n) is 32.6. The van der Waals surface area contributed by atoms with Crippen molar-refractivity contribution in [2.45, 2.75) is 226 Å². The van der Waals surface area contributed by atoms with Crippen molar-refractivity contribution < 1.29 is 24.2 Å². The molecule has 0 aliphatic heterocycles. The van der Waals surface area contributed by atoms with Gasteiger partial charge in [0, 0.05) is 19.4 Å². The van der Waals surface area contributed by atoms with E-state index in [0.29, 0.717) is 26.0 Å². The summed E-state index contributed by atoms with van der Waals surface area (Å²) in [5, 5.41) is 9.58. The summed E-state index contributed by atoms with van der Waals surface area (Å²) in [6.45, 7) is 9.93. The van der Waals surface area contributed by atoms with Crippen LogP contribution < -0.4 is 0 Å². The number of unbranched alkanes of at least 4 members (excludes halogenated alkanes) is 22. The van der Waals surface area contributed by atoms with Gasteiger partial charge in [0.05, 0.1) is 13.2 Å². The van der Waals surface area contributed by atoms with Crippen LogP contribution in [0.5, 0.6) is 0 Å². The third-order valence-electron chi connectivity index (χ3n) is 9.70. The normalized spacial score (nSPS) is 11.5. The molecule has 0 rings (SSSR count). The molecule has 0 saturated heterocycles. The van der Waals surface area contributed by atoms with Gasteiger partial charge in [0.1, 0.15) is 6.10 Å². The van der Waals surface area contributed by atoms with E-state index in [4.69, 9.17) is 9.47 Å². The van der Waals surface area contributed by atoms with Gasteiger partial charge in [-0.15, -0.1) is 0 Å². The number of carbonyl (C=O) groups is 2. The Kier molecular flexibility index (Phi) is 37.7. The van der Waals surface area contributed by atoms with Gasteiger partial charge in [0.25, 0.3) is 0 Å². The zero-order chi connectivity index (χ0) is 35.2. The lowest BCUT2D eigenvalue weighted by molar-refractivity contribution is -0.150. The van der Waals surface area contributed by atoms with Crippen LogP contribution in [0, 0.1) is 0 Å². The average Bonchev–Trinajstić information content (AvgIpc) is 3.07. The number of aliphatic hydroxyl groups excluding tert-OH is 1. The largest absolute Gasteiger partial charge is 0.466 e. The highest BCUT2D eigenvalue weighted by atomic mass is 16.5. The number of esters is 2. The van der Waals surface area contributed by atoms with Crippen molar-refractivity contribution in [1.29, 1.82) is 0 Å². The molecule has 0 aromatic carbocycles. The first-order valence-corrected chi connectivity index (χ1v) is 21.3. The molecule has 0 radical (unpaired) electrons. The Morgan fingerprint density at radius 2 is 0.896 bits per heavy atom. The molecule has 0 atom stereocenters. The lowest BCUT2D eigenvalue weighted by Crippen LogP contribution is -2.29.